The highest BCUT2D eigenvalue weighted by molar-refractivity contribution is 5.75. The van der Waals surface area contributed by atoms with E-state index >= 15 is 0 Å². The topological polar surface area (TPSA) is 59.6 Å². The Labute approximate surface area is 127 Å². The molecule has 0 bridgehead atoms. The maximum absolute atomic E-state index is 11.4. The summed E-state index contributed by atoms with van der Waals surface area (Å²) in [5.74, 6) is 1.56. The predicted octanol–water partition coefficient (Wildman–Crippen LogP) is 1.75. The van der Waals surface area contributed by atoms with E-state index in [1.54, 1.807) is 14.2 Å². The summed E-state index contributed by atoms with van der Waals surface area (Å²) in [4.78, 5) is 11.4. The van der Waals surface area contributed by atoms with Crippen LogP contribution in [-0.4, -0.2) is 39.3 Å². The van der Waals surface area contributed by atoms with Crippen molar-refractivity contribution >= 4 is 5.91 Å². The van der Waals surface area contributed by atoms with Crippen LogP contribution in [0.3, 0.4) is 0 Å². The van der Waals surface area contributed by atoms with Crippen molar-refractivity contribution in [1.29, 1.82) is 0 Å². The Kier molecular flexibility index (Phi) is 7.61. The number of rotatable bonds is 9. The third-order valence-corrected chi connectivity index (χ3v) is 3.21. The molecule has 2 N–H and O–H groups in total. The molecule has 5 heteroatoms. The predicted molar refractivity (Wildman–Crippen MR) is 84.0 cm³/mol. The third-order valence-electron chi connectivity index (χ3n) is 3.21. The Morgan fingerprint density at radius 1 is 1.24 bits per heavy atom. The molecule has 1 aromatic carbocycles. The van der Waals surface area contributed by atoms with E-state index in [0.29, 0.717) is 19.5 Å². The van der Waals surface area contributed by atoms with E-state index in [1.807, 2.05) is 25.1 Å². The fraction of sp³-hybridized carbons (Fsp3) is 0.562. The van der Waals surface area contributed by atoms with Gasteiger partial charge >= 0.3 is 0 Å². The minimum Gasteiger partial charge on any atom is -0.493 e. The van der Waals surface area contributed by atoms with Gasteiger partial charge in [-0.05, 0) is 38.0 Å². The lowest BCUT2D eigenvalue weighted by Crippen LogP contribution is -2.33. The number of methoxy groups -OCH3 is 2. The molecule has 0 heterocycles. The molecule has 0 radical (unpaired) electrons. The Hall–Kier alpha value is -1.75. The van der Waals surface area contributed by atoms with Crippen molar-refractivity contribution in [3.63, 3.8) is 0 Å². The van der Waals surface area contributed by atoms with Crippen LogP contribution in [0.4, 0.5) is 0 Å². The van der Waals surface area contributed by atoms with Gasteiger partial charge in [0.05, 0.1) is 14.2 Å². The van der Waals surface area contributed by atoms with Gasteiger partial charge in [-0.25, -0.2) is 0 Å². The minimum absolute atomic E-state index is 0.0864. The molecule has 1 unspecified atom stereocenters. The molecule has 21 heavy (non-hydrogen) atoms. The van der Waals surface area contributed by atoms with E-state index in [-0.39, 0.29) is 11.9 Å². The van der Waals surface area contributed by atoms with Gasteiger partial charge in [-0.15, -0.1) is 0 Å². The summed E-state index contributed by atoms with van der Waals surface area (Å²) in [5, 5.41) is 6.14. The van der Waals surface area contributed by atoms with E-state index in [0.717, 1.165) is 17.9 Å². The number of hydrogen-bond acceptors (Lipinski definition) is 4. The monoisotopic (exact) mass is 294 g/mol. The Bertz CT molecular complexity index is 449. The van der Waals surface area contributed by atoms with Crippen LogP contribution in [0.5, 0.6) is 11.5 Å². The van der Waals surface area contributed by atoms with Gasteiger partial charge in [-0.2, -0.15) is 0 Å². The van der Waals surface area contributed by atoms with Crippen molar-refractivity contribution in [3.8, 4) is 11.5 Å². The number of hydrogen-bond donors (Lipinski definition) is 2. The first kappa shape index (κ1) is 17.3. The molecular formula is C16H26N2O3. The molecule has 1 rings (SSSR count). The van der Waals surface area contributed by atoms with Crippen LogP contribution in [0.1, 0.15) is 25.8 Å². The first-order valence-electron chi connectivity index (χ1n) is 7.31. The maximum atomic E-state index is 11.4. The van der Waals surface area contributed by atoms with Gasteiger partial charge in [0.1, 0.15) is 0 Å². The summed E-state index contributed by atoms with van der Waals surface area (Å²) in [5.41, 5.74) is 1.17. The van der Waals surface area contributed by atoms with Crippen molar-refractivity contribution in [2.75, 3.05) is 27.3 Å². The van der Waals surface area contributed by atoms with Gasteiger partial charge in [0.2, 0.25) is 5.91 Å². The largest absolute Gasteiger partial charge is 0.493 e. The van der Waals surface area contributed by atoms with Gasteiger partial charge in [-0.1, -0.05) is 6.07 Å². The van der Waals surface area contributed by atoms with Crippen LogP contribution in [0.25, 0.3) is 0 Å². The summed E-state index contributed by atoms with van der Waals surface area (Å²) in [6, 6.07) is 6.22. The van der Waals surface area contributed by atoms with Gasteiger partial charge in [0, 0.05) is 25.6 Å². The molecule has 1 aromatic rings. The van der Waals surface area contributed by atoms with Crippen LogP contribution in [0, 0.1) is 0 Å². The van der Waals surface area contributed by atoms with E-state index in [4.69, 9.17) is 9.47 Å². The second-order valence-corrected chi connectivity index (χ2v) is 4.95. The van der Waals surface area contributed by atoms with Crippen LogP contribution in [0.2, 0.25) is 0 Å². The maximum Gasteiger partial charge on any atom is 0.221 e. The molecule has 0 spiro atoms. The number of nitrogens with one attached hydrogen (secondary N) is 2. The van der Waals surface area contributed by atoms with Gasteiger partial charge in [-0.3, -0.25) is 4.79 Å². The number of carbonyl (C=O) groups excluding carboxylic acids is 1. The smallest absolute Gasteiger partial charge is 0.221 e. The Morgan fingerprint density at radius 3 is 2.57 bits per heavy atom. The van der Waals surface area contributed by atoms with Gasteiger partial charge in [0.25, 0.3) is 0 Å². The molecule has 0 aliphatic rings. The fourth-order valence-corrected chi connectivity index (χ4v) is 2.15. The standard InChI is InChI=1S/C16H26N2O3/c1-5-17-16(19)8-9-18-12(2)10-13-6-7-14(20-3)15(11-13)21-4/h6-7,11-12,18H,5,8-10H2,1-4H3,(H,17,19). The zero-order chi connectivity index (χ0) is 15.7. The molecule has 0 fully saturated rings. The van der Waals surface area contributed by atoms with Gasteiger partial charge in [0.15, 0.2) is 11.5 Å². The molecule has 0 aromatic heterocycles. The van der Waals surface area contributed by atoms with Gasteiger partial charge < -0.3 is 20.1 Å². The summed E-state index contributed by atoms with van der Waals surface area (Å²) in [6.07, 6.45) is 1.37. The van der Waals surface area contributed by atoms with Crippen LogP contribution in [0.15, 0.2) is 18.2 Å². The minimum atomic E-state index is 0.0864. The molecule has 1 amide bonds. The highest BCUT2D eigenvalue weighted by Gasteiger charge is 2.08. The second-order valence-electron chi connectivity index (χ2n) is 4.95. The van der Waals surface area contributed by atoms with Crippen LogP contribution >= 0.6 is 0 Å². The van der Waals surface area contributed by atoms with E-state index in [1.165, 1.54) is 5.56 Å². The van der Waals surface area contributed by atoms with E-state index in [9.17, 15) is 4.79 Å². The Morgan fingerprint density at radius 2 is 1.95 bits per heavy atom. The van der Waals surface area contributed by atoms with Crippen molar-refractivity contribution in [3.05, 3.63) is 23.8 Å². The lowest BCUT2D eigenvalue weighted by atomic mass is 10.1. The zero-order valence-electron chi connectivity index (χ0n) is 13.4. The lowest BCUT2D eigenvalue weighted by Gasteiger charge is -2.15. The van der Waals surface area contributed by atoms with Crippen LogP contribution in [-0.2, 0) is 11.2 Å². The average Bonchev–Trinajstić information content (AvgIpc) is 2.47. The lowest BCUT2D eigenvalue weighted by molar-refractivity contribution is -0.120. The molecule has 118 valence electrons. The molecular weight excluding hydrogens is 268 g/mol. The van der Waals surface area contributed by atoms with Crippen molar-refractivity contribution in [2.24, 2.45) is 0 Å². The molecule has 0 saturated carbocycles. The van der Waals surface area contributed by atoms with Crippen LogP contribution < -0.4 is 20.1 Å². The van der Waals surface area contributed by atoms with Crippen molar-refractivity contribution < 1.29 is 14.3 Å². The summed E-state index contributed by atoms with van der Waals surface area (Å²) >= 11 is 0. The SMILES string of the molecule is CCNC(=O)CCNC(C)Cc1ccc(OC)c(OC)c1. The highest BCUT2D eigenvalue weighted by atomic mass is 16.5. The second kappa shape index (κ2) is 9.23. The summed E-state index contributed by atoms with van der Waals surface area (Å²) < 4.78 is 10.5. The molecule has 0 aliphatic heterocycles. The zero-order valence-corrected chi connectivity index (χ0v) is 13.4. The highest BCUT2D eigenvalue weighted by Crippen LogP contribution is 2.27. The first-order valence-corrected chi connectivity index (χ1v) is 7.31. The number of ether oxygens (including phenoxy) is 2. The molecule has 0 saturated heterocycles. The molecule has 5 nitrogen and oxygen atoms in total. The van der Waals surface area contributed by atoms with E-state index in [2.05, 4.69) is 17.6 Å². The third kappa shape index (κ3) is 6.04. The quantitative estimate of drug-likeness (QED) is 0.728. The molecule has 0 aliphatic carbocycles. The Balaban J connectivity index is 2.44. The fourth-order valence-electron chi connectivity index (χ4n) is 2.15. The summed E-state index contributed by atoms with van der Waals surface area (Å²) in [6.45, 7) is 5.39. The summed E-state index contributed by atoms with van der Waals surface area (Å²) in [7, 11) is 3.26. The normalized spacial score (nSPS) is 11.8. The number of carbonyl (C=O) groups is 1. The number of amides is 1. The van der Waals surface area contributed by atoms with Crippen molar-refractivity contribution in [1.82, 2.24) is 10.6 Å². The van der Waals surface area contributed by atoms with E-state index < -0.39 is 0 Å². The molecule has 1 atom stereocenters. The van der Waals surface area contributed by atoms with Crippen molar-refractivity contribution in [2.45, 2.75) is 32.7 Å². The number of benzene rings is 1. The first-order chi connectivity index (χ1) is 10.1. The average molecular weight is 294 g/mol.